The number of carbonyl (C=O) groups is 1. The van der Waals surface area contributed by atoms with Crippen molar-refractivity contribution in [1.29, 1.82) is 0 Å². The highest BCUT2D eigenvalue weighted by atomic mass is 16.4. The number of aliphatic hydroxyl groups excluding tert-OH is 1. The van der Waals surface area contributed by atoms with E-state index in [1.807, 2.05) is 21.1 Å². The second kappa shape index (κ2) is 2.98. The van der Waals surface area contributed by atoms with Gasteiger partial charge in [-0.1, -0.05) is 0 Å². The van der Waals surface area contributed by atoms with Crippen molar-refractivity contribution >= 4 is 5.97 Å². The maximum Gasteiger partial charge on any atom is 0.338 e. The molecule has 0 aliphatic rings. The summed E-state index contributed by atoms with van der Waals surface area (Å²) in [5.74, 6) is -1.16. The van der Waals surface area contributed by atoms with Crippen LogP contribution >= 0.6 is 0 Å². The Hall–Kier alpha value is -0.610. The summed E-state index contributed by atoms with van der Waals surface area (Å²) < 4.78 is 0.452. The molecular formula is C6H14NO3+. The number of quaternary nitrogens is 1. The largest absolute Gasteiger partial charge is 0.479 e. The van der Waals surface area contributed by atoms with Crippen LogP contribution in [0.25, 0.3) is 0 Å². The van der Waals surface area contributed by atoms with Crippen LogP contribution in [-0.4, -0.2) is 54.5 Å². The van der Waals surface area contributed by atoms with E-state index < -0.39 is 12.1 Å². The zero-order valence-electron chi connectivity index (χ0n) is 6.53. The molecule has 4 nitrogen and oxygen atoms in total. The summed E-state index contributed by atoms with van der Waals surface area (Å²) in [5, 5.41) is 17.1. The summed E-state index contributed by atoms with van der Waals surface area (Å²) >= 11 is 0. The average Bonchev–Trinajstić information content (AvgIpc) is 1.60. The number of likely N-dealkylation sites (N-methyl/N-ethyl adjacent to an activating group) is 1. The molecule has 4 heteroatoms. The lowest BCUT2D eigenvalue weighted by Gasteiger charge is -2.24. The monoisotopic (exact) mass is 148 g/mol. The normalized spacial score (nSPS) is 14.8. The fourth-order valence-corrected chi connectivity index (χ4v) is 0.597. The molecule has 0 rings (SSSR count). The van der Waals surface area contributed by atoms with Crippen molar-refractivity contribution < 1.29 is 19.5 Å². The van der Waals surface area contributed by atoms with Gasteiger partial charge in [-0.05, 0) is 0 Å². The Morgan fingerprint density at radius 2 is 1.90 bits per heavy atom. The fourth-order valence-electron chi connectivity index (χ4n) is 0.597. The summed E-state index contributed by atoms with van der Waals surface area (Å²) in [6, 6.07) is 0. The molecule has 1 atom stereocenters. The molecule has 60 valence electrons. The third-order valence-corrected chi connectivity index (χ3v) is 1.01. The zero-order valence-corrected chi connectivity index (χ0v) is 6.53. The number of aliphatic hydroxyl groups is 1. The lowest BCUT2D eigenvalue weighted by molar-refractivity contribution is -0.872. The van der Waals surface area contributed by atoms with Gasteiger partial charge in [0.05, 0.1) is 21.1 Å². The lowest BCUT2D eigenvalue weighted by atomic mass is 10.3. The number of hydrogen-bond donors (Lipinski definition) is 2. The van der Waals surface area contributed by atoms with Gasteiger partial charge in [-0.3, -0.25) is 0 Å². The Morgan fingerprint density at radius 3 is 2.00 bits per heavy atom. The summed E-state index contributed by atoms with van der Waals surface area (Å²) in [6.07, 6.45) is -1.25. The lowest BCUT2D eigenvalue weighted by Crippen LogP contribution is -2.44. The maximum absolute atomic E-state index is 10.1. The van der Waals surface area contributed by atoms with Crippen molar-refractivity contribution in [2.45, 2.75) is 6.10 Å². The molecule has 2 N–H and O–H groups in total. The number of aliphatic carboxylic acids is 1. The third kappa shape index (κ3) is 4.29. The molecule has 0 saturated carbocycles. The molecule has 0 spiro atoms. The highest BCUT2D eigenvalue weighted by Crippen LogP contribution is 1.93. The highest BCUT2D eigenvalue weighted by molar-refractivity contribution is 5.71. The molecule has 0 aliphatic carbocycles. The van der Waals surface area contributed by atoms with Gasteiger partial charge in [0.15, 0.2) is 0 Å². The summed E-state index contributed by atoms with van der Waals surface area (Å²) in [4.78, 5) is 10.1. The van der Waals surface area contributed by atoms with Crippen molar-refractivity contribution in [3.8, 4) is 0 Å². The first-order chi connectivity index (χ1) is 4.33. The van der Waals surface area contributed by atoms with Crippen LogP contribution in [0.15, 0.2) is 0 Å². The van der Waals surface area contributed by atoms with E-state index >= 15 is 0 Å². The molecule has 0 aliphatic heterocycles. The van der Waals surface area contributed by atoms with Crippen molar-refractivity contribution in [3.63, 3.8) is 0 Å². The third-order valence-electron chi connectivity index (χ3n) is 1.01. The molecule has 0 fully saturated rings. The van der Waals surface area contributed by atoms with E-state index in [4.69, 9.17) is 10.2 Å². The minimum atomic E-state index is -1.25. The maximum atomic E-state index is 10.1. The van der Waals surface area contributed by atoms with Gasteiger partial charge in [-0.25, -0.2) is 4.79 Å². The van der Waals surface area contributed by atoms with E-state index in [2.05, 4.69) is 0 Å². The molecule has 0 unspecified atom stereocenters. The Morgan fingerprint density at radius 1 is 1.50 bits per heavy atom. The Labute approximate surface area is 60.3 Å². The SMILES string of the molecule is C[N+](C)(C)C[C@H](O)C(=O)O. The summed E-state index contributed by atoms with van der Waals surface area (Å²) in [6.45, 7) is 0.231. The number of carboxylic acids is 1. The van der Waals surface area contributed by atoms with E-state index in [-0.39, 0.29) is 6.54 Å². The molecule has 0 amide bonds. The van der Waals surface area contributed by atoms with E-state index in [1.54, 1.807) is 0 Å². The van der Waals surface area contributed by atoms with Crippen LogP contribution in [0, 0.1) is 0 Å². The molecule has 0 aromatic heterocycles. The van der Waals surface area contributed by atoms with E-state index in [0.717, 1.165) is 0 Å². The van der Waals surface area contributed by atoms with Crippen LogP contribution in [0.3, 0.4) is 0 Å². The second-order valence-electron chi connectivity index (χ2n) is 3.33. The van der Waals surface area contributed by atoms with Gasteiger partial charge in [0, 0.05) is 0 Å². The fraction of sp³-hybridized carbons (Fsp3) is 0.833. The quantitative estimate of drug-likeness (QED) is 0.512. The average molecular weight is 148 g/mol. The van der Waals surface area contributed by atoms with Crippen LogP contribution in [-0.2, 0) is 4.79 Å². The van der Waals surface area contributed by atoms with Crippen molar-refractivity contribution in [2.24, 2.45) is 0 Å². The first-order valence-electron chi connectivity index (χ1n) is 3.04. The molecule has 0 aromatic rings. The molecule has 0 saturated heterocycles. The molecule has 0 heterocycles. The van der Waals surface area contributed by atoms with Crippen LogP contribution < -0.4 is 0 Å². The predicted octanol–water partition coefficient (Wildman–Crippen LogP) is -0.862. The molecule has 0 radical (unpaired) electrons. The summed E-state index contributed by atoms with van der Waals surface area (Å²) in [7, 11) is 5.48. The number of rotatable bonds is 3. The van der Waals surface area contributed by atoms with Gasteiger partial charge in [-0.2, -0.15) is 0 Å². The first kappa shape index (κ1) is 9.39. The molecular weight excluding hydrogens is 134 g/mol. The topological polar surface area (TPSA) is 57.5 Å². The predicted molar refractivity (Wildman–Crippen MR) is 36.5 cm³/mol. The van der Waals surface area contributed by atoms with Gasteiger partial charge in [0.1, 0.15) is 6.54 Å². The Kier molecular flexibility index (Phi) is 2.80. The Balaban J connectivity index is 3.80. The van der Waals surface area contributed by atoms with Gasteiger partial charge in [0.25, 0.3) is 0 Å². The standard InChI is InChI=1S/C6H13NO3/c1-7(2,3)4-5(8)6(9)10/h5,8H,4H2,1-3H3/p+1/t5-/m0/s1. The highest BCUT2D eigenvalue weighted by Gasteiger charge is 2.21. The zero-order chi connectivity index (χ0) is 8.36. The summed E-state index contributed by atoms with van der Waals surface area (Å²) in [5.41, 5.74) is 0. The minimum absolute atomic E-state index is 0.231. The van der Waals surface area contributed by atoms with Gasteiger partial charge >= 0.3 is 5.97 Å². The molecule has 10 heavy (non-hydrogen) atoms. The van der Waals surface area contributed by atoms with Crippen molar-refractivity contribution in [3.05, 3.63) is 0 Å². The molecule has 0 bridgehead atoms. The van der Waals surface area contributed by atoms with Gasteiger partial charge in [-0.15, -0.1) is 0 Å². The number of carboxylic acid groups (broad SMARTS) is 1. The van der Waals surface area contributed by atoms with Crippen LogP contribution in [0.4, 0.5) is 0 Å². The van der Waals surface area contributed by atoms with Crippen LogP contribution in [0.1, 0.15) is 0 Å². The van der Waals surface area contributed by atoms with Crippen LogP contribution in [0.2, 0.25) is 0 Å². The Bertz CT molecular complexity index is 127. The van der Waals surface area contributed by atoms with Crippen LogP contribution in [0.5, 0.6) is 0 Å². The molecule has 0 aromatic carbocycles. The first-order valence-corrected chi connectivity index (χ1v) is 3.04. The van der Waals surface area contributed by atoms with E-state index in [9.17, 15) is 4.79 Å². The second-order valence-corrected chi connectivity index (χ2v) is 3.33. The van der Waals surface area contributed by atoms with E-state index in [0.29, 0.717) is 4.48 Å². The van der Waals surface area contributed by atoms with Crippen molar-refractivity contribution in [2.75, 3.05) is 27.7 Å². The van der Waals surface area contributed by atoms with Gasteiger partial charge < -0.3 is 14.7 Å². The van der Waals surface area contributed by atoms with Gasteiger partial charge in [0.2, 0.25) is 6.10 Å². The van der Waals surface area contributed by atoms with E-state index in [1.165, 1.54) is 0 Å². The minimum Gasteiger partial charge on any atom is -0.479 e. The smallest absolute Gasteiger partial charge is 0.338 e. The number of nitrogens with zero attached hydrogens (tertiary/aromatic N) is 1. The van der Waals surface area contributed by atoms with Crippen molar-refractivity contribution in [1.82, 2.24) is 0 Å². The number of hydrogen-bond acceptors (Lipinski definition) is 2.